The van der Waals surface area contributed by atoms with Crippen molar-refractivity contribution in [3.05, 3.63) is 34.1 Å². The van der Waals surface area contributed by atoms with Gasteiger partial charge in [-0.1, -0.05) is 6.92 Å². The first kappa shape index (κ1) is 15.6. The van der Waals surface area contributed by atoms with Crippen LogP contribution in [0.3, 0.4) is 0 Å². The summed E-state index contributed by atoms with van der Waals surface area (Å²) in [4.78, 5) is 25.1. The Labute approximate surface area is 120 Å². The van der Waals surface area contributed by atoms with Gasteiger partial charge in [0.05, 0.1) is 12.1 Å². The predicted octanol–water partition coefficient (Wildman–Crippen LogP) is 2.19. The molecule has 6 heteroatoms. The smallest absolute Gasteiger partial charge is 0.255 e. The van der Waals surface area contributed by atoms with Crippen molar-refractivity contribution < 1.29 is 14.0 Å². The third-order valence-corrected chi connectivity index (χ3v) is 3.21. The van der Waals surface area contributed by atoms with Gasteiger partial charge in [-0.2, -0.15) is 0 Å². The molecule has 0 unspecified atom stereocenters. The van der Waals surface area contributed by atoms with Gasteiger partial charge in [0.2, 0.25) is 5.91 Å². The van der Waals surface area contributed by atoms with Gasteiger partial charge in [0.15, 0.2) is 0 Å². The summed E-state index contributed by atoms with van der Waals surface area (Å²) in [6, 6.07) is 3.87. The standard InChI is InChI=1S/C13H16BrFN2O2/c1-3-6-17(8-12(18)16-2)13(19)10-5-4-9(15)7-11(10)14/h4-5,7H,3,6,8H2,1-2H3,(H,16,18). The fourth-order valence-electron chi connectivity index (χ4n) is 1.61. The molecule has 1 N–H and O–H groups in total. The highest BCUT2D eigenvalue weighted by Gasteiger charge is 2.19. The Hall–Kier alpha value is -1.43. The molecule has 1 rings (SSSR count). The summed E-state index contributed by atoms with van der Waals surface area (Å²) in [5.74, 6) is -0.950. The van der Waals surface area contributed by atoms with Crippen LogP contribution in [0.15, 0.2) is 22.7 Å². The highest BCUT2D eigenvalue weighted by atomic mass is 79.9. The third kappa shape index (κ3) is 4.31. The van der Waals surface area contributed by atoms with Gasteiger partial charge in [-0.05, 0) is 40.5 Å². The molecule has 1 aromatic carbocycles. The van der Waals surface area contributed by atoms with Crippen molar-refractivity contribution in [1.82, 2.24) is 10.2 Å². The van der Waals surface area contributed by atoms with Gasteiger partial charge in [0, 0.05) is 18.1 Å². The molecular formula is C13H16BrFN2O2. The van der Waals surface area contributed by atoms with Crippen molar-refractivity contribution in [1.29, 1.82) is 0 Å². The number of nitrogens with zero attached hydrogens (tertiary/aromatic N) is 1. The van der Waals surface area contributed by atoms with Gasteiger partial charge in [-0.25, -0.2) is 4.39 Å². The molecule has 4 nitrogen and oxygen atoms in total. The van der Waals surface area contributed by atoms with E-state index in [0.29, 0.717) is 16.6 Å². The Kier molecular flexibility index (Phi) is 5.95. The van der Waals surface area contributed by atoms with Crippen molar-refractivity contribution in [2.24, 2.45) is 0 Å². The van der Waals surface area contributed by atoms with E-state index in [1.165, 1.54) is 30.1 Å². The van der Waals surface area contributed by atoms with Crippen LogP contribution in [0.2, 0.25) is 0 Å². The normalized spacial score (nSPS) is 10.1. The van der Waals surface area contributed by atoms with Crippen LogP contribution in [0.5, 0.6) is 0 Å². The minimum atomic E-state index is -0.420. The second-order valence-electron chi connectivity index (χ2n) is 4.02. The Bertz CT molecular complexity index is 480. The predicted molar refractivity (Wildman–Crippen MR) is 74.4 cm³/mol. The van der Waals surface area contributed by atoms with Gasteiger partial charge in [0.1, 0.15) is 5.82 Å². The monoisotopic (exact) mass is 330 g/mol. The SMILES string of the molecule is CCCN(CC(=O)NC)C(=O)c1ccc(F)cc1Br. The summed E-state index contributed by atoms with van der Waals surface area (Å²) >= 11 is 3.16. The number of carbonyl (C=O) groups is 2. The van der Waals surface area contributed by atoms with E-state index in [4.69, 9.17) is 0 Å². The number of rotatable bonds is 5. The number of nitrogens with one attached hydrogen (secondary N) is 1. The van der Waals surface area contributed by atoms with E-state index in [1.807, 2.05) is 6.92 Å². The van der Waals surface area contributed by atoms with Crippen LogP contribution in [0.4, 0.5) is 4.39 Å². The molecule has 1 aromatic rings. The topological polar surface area (TPSA) is 49.4 Å². The highest BCUT2D eigenvalue weighted by molar-refractivity contribution is 9.10. The van der Waals surface area contributed by atoms with Crippen LogP contribution in [-0.2, 0) is 4.79 Å². The maximum atomic E-state index is 13.0. The van der Waals surface area contributed by atoms with Crippen LogP contribution in [-0.4, -0.2) is 36.9 Å². The number of benzene rings is 1. The Morgan fingerprint density at radius 3 is 2.63 bits per heavy atom. The molecule has 0 aromatic heterocycles. The van der Waals surface area contributed by atoms with E-state index in [1.54, 1.807) is 0 Å². The molecule has 0 atom stereocenters. The van der Waals surface area contributed by atoms with Crippen molar-refractivity contribution in [2.45, 2.75) is 13.3 Å². The molecule has 104 valence electrons. The maximum Gasteiger partial charge on any atom is 0.255 e. The first-order chi connectivity index (χ1) is 8.99. The zero-order valence-electron chi connectivity index (χ0n) is 10.9. The largest absolute Gasteiger partial charge is 0.358 e. The zero-order chi connectivity index (χ0) is 14.4. The second kappa shape index (κ2) is 7.23. The minimum Gasteiger partial charge on any atom is -0.358 e. The fraction of sp³-hybridized carbons (Fsp3) is 0.385. The summed E-state index contributed by atoms with van der Waals surface area (Å²) in [7, 11) is 1.52. The molecule has 0 saturated carbocycles. The number of carbonyl (C=O) groups excluding carboxylic acids is 2. The molecule has 0 bridgehead atoms. The molecule has 0 aliphatic heterocycles. The van der Waals surface area contributed by atoms with E-state index in [0.717, 1.165) is 6.42 Å². The van der Waals surface area contributed by atoms with Crippen molar-refractivity contribution in [3.8, 4) is 0 Å². The highest BCUT2D eigenvalue weighted by Crippen LogP contribution is 2.19. The summed E-state index contributed by atoms with van der Waals surface area (Å²) in [6.07, 6.45) is 0.738. The lowest BCUT2D eigenvalue weighted by atomic mass is 10.2. The first-order valence-electron chi connectivity index (χ1n) is 5.94. The van der Waals surface area contributed by atoms with Crippen LogP contribution >= 0.6 is 15.9 Å². The summed E-state index contributed by atoms with van der Waals surface area (Å²) in [5.41, 5.74) is 0.346. The van der Waals surface area contributed by atoms with Gasteiger partial charge < -0.3 is 10.2 Å². The second-order valence-corrected chi connectivity index (χ2v) is 4.88. The van der Waals surface area contributed by atoms with E-state index in [9.17, 15) is 14.0 Å². The first-order valence-corrected chi connectivity index (χ1v) is 6.73. The third-order valence-electron chi connectivity index (χ3n) is 2.56. The van der Waals surface area contributed by atoms with E-state index in [2.05, 4.69) is 21.2 Å². The molecule has 0 aliphatic carbocycles. The summed E-state index contributed by atoms with van der Waals surface area (Å²) in [5, 5.41) is 2.48. The van der Waals surface area contributed by atoms with Crippen molar-refractivity contribution >= 4 is 27.7 Å². The molecule has 0 aliphatic rings. The maximum absolute atomic E-state index is 13.0. The zero-order valence-corrected chi connectivity index (χ0v) is 12.5. The van der Waals surface area contributed by atoms with Crippen molar-refractivity contribution in [3.63, 3.8) is 0 Å². The lowest BCUT2D eigenvalue weighted by Crippen LogP contribution is -2.40. The summed E-state index contributed by atoms with van der Waals surface area (Å²) in [6.45, 7) is 2.38. The van der Waals surface area contributed by atoms with Crippen LogP contribution in [0.1, 0.15) is 23.7 Å². The van der Waals surface area contributed by atoms with Crippen molar-refractivity contribution in [2.75, 3.05) is 20.1 Å². The lowest BCUT2D eigenvalue weighted by Gasteiger charge is -2.21. The number of hydrogen-bond donors (Lipinski definition) is 1. The van der Waals surface area contributed by atoms with Gasteiger partial charge in [0.25, 0.3) is 5.91 Å². The quantitative estimate of drug-likeness (QED) is 0.899. The fourth-order valence-corrected chi connectivity index (χ4v) is 2.13. The van der Waals surface area contributed by atoms with Crippen LogP contribution in [0.25, 0.3) is 0 Å². The van der Waals surface area contributed by atoms with Gasteiger partial charge in [-0.3, -0.25) is 9.59 Å². The number of halogens is 2. The molecule has 19 heavy (non-hydrogen) atoms. The molecule has 0 saturated heterocycles. The molecule has 0 spiro atoms. The Morgan fingerprint density at radius 1 is 1.42 bits per heavy atom. The van der Waals surface area contributed by atoms with E-state index >= 15 is 0 Å². The Balaban J connectivity index is 2.95. The average molecular weight is 331 g/mol. The van der Waals surface area contributed by atoms with Gasteiger partial charge in [-0.15, -0.1) is 0 Å². The minimum absolute atomic E-state index is 0.00695. The number of amides is 2. The van der Waals surface area contributed by atoms with Gasteiger partial charge >= 0.3 is 0 Å². The molecule has 0 fully saturated rings. The average Bonchev–Trinajstić information content (AvgIpc) is 2.37. The molecule has 2 amide bonds. The van der Waals surface area contributed by atoms with E-state index in [-0.39, 0.29) is 18.4 Å². The number of likely N-dealkylation sites (N-methyl/N-ethyl adjacent to an activating group) is 1. The van der Waals surface area contributed by atoms with Crippen LogP contribution < -0.4 is 5.32 Å². The van der Waals surface area contributed by atoms with Crippen LogP contribution in [0, 0.1) is 5.82 Å². The lowest BCUT2D eigenvalue weighted by molar-refractivity contribution is -0.121. The Morgan fingerprint density at radius 2 is 2.11 bits per heavy atom. The summed E-state index contributed by atoms with van der Waals surface area (Å²) < 4.78 is 13.4. The molecular weight excluding hydrogens is 315 g/mol. The van der Waals surface area contributed by atoms with E-state index < -0.39 is 5.82 Å². The molecule has 0 radical (unpaired) electrons. The molecule has 0 heterocycles. The number of hydrogen-bond acceptors (Lipinski definition) is 2.